The summed E-state index contributed by atoms with van der Waals surface area (Å²) in [4.78, 5) is 11.5. The third-order valence-electron chi connectivity index (χ3n) is 2.55. The maximum Gasteiger partial charge on any atom is 0.148 e. The van der Waals surface area contributed by atoms with Gasteiger partial charge < -0.3 is 0 Å². The molecule has 76 valence electrons. The minimum atomic E-state index is -0.896. The minimum absolute atomic E-state index is 0.237. The van der Waals surface area contributed by atoms with E-state index in [1.807, 2.05) is 6.92 Å². The second-order valence-electron chi connectivity index (χ2n) is 3.74. The van der Waals surface area contributed by atoms with E-state index in [1.165, 1.54) is 12.8 Å². The molecule has 13 heavy (non-hydrogen) atoms. The van der Waals surface area contributed by atoms with E-state index in [2.05, 4.69) is 0 Å². The molecule has 0 saturated heterocycles. The molecule has 3 heteroatoms. The highest BCUT2D eigenvalue weighted by molar-refractivity contribution is 7.85. The van der Waals surface area contributed by atoms with Crippen molar-refractivity contribution in [3.8, 4) is 0 Å². The maximum absolute atomic E-state index is 11.5. The molecule has 0 N–H and O–H groups in total. The Morgan fingerprint density at radius 3 is 2.54 bits per heavy atom. The van der Waals surface area contributed by atoms with E-state index in [4.69, 9.17) is 0 Å². The smallest absolute Gasteiger partial charge is 0.148 e. The van der Waals surface area contributed by atoms with Gasteiger partial charge in [0.25, 0.3) is 0 Å². The number of hydrogen-bond donors (Lipinski definition) is 0. The first kappa shape index (κ1) is 10.9. The summed E-state index contributed by atoms with van der Waals surface area (Å²) in [7, 11) is -0.896. The molecule has 1 aliphatic carbocycles. The molecule has 0 heterocycles. The zero-order chi connectivity index (χ0) is 9.68. The number of carbonyl (C=O) groups is 1. The molecule has 0 aromatic heterocycles. The van der Waals surface area contributed by atoms with Crippen LogP contribution in [0.4, 0.5) is 0 Å². The minimum Gasteiger partial charge on any atom is -0.298 e. The Morgan fingerprint density at radius 2 is 2.00 bits per heavy atom. The van der Waals surface area contributed by atoms with Crippen molar-refractivity contribution < 1.29 is 9.00 Å². The Hall–Kier alpha value is -0.180. The quantitative estimate of drug-likeness (QED) is 0.682. The third-order valence-corrected chi connectivity index (χ3v) is 4.02. The number of rotatable bonds is 5. The van der Waals surface area contributed by atoms with Crippen LogP contribution >= 0.6 is 0 Å². The van der Waals surface area contributed by atoms with Crippen LogP contribution in [-0.2, 0) is 15.6 Å². The lowest BCUT2D eigenvalue weighted by Gasteiger charge is -2.06. The van der Waals surface area contributed by atoms with Gasteiger partial charge in [0.05, 0.1) is 5.75 Å². The predicted octanol–water partition coefficient (Wildman–Crippen LogP) is 1.90. The Balaban J connectivity index is 2.27. The molecule has 1 fully saturated rings. The van der Waals surface area contributed by atoms with E-state index in [0.717, 1.165) is 19.3 Å². The van der Waals surface area contributed by atoms with E-state index in [9.17, 15) is 9.00 Å². The summed E-state index contributed by atoms with van der Waals surface area (Å²) in [6, 6.07) is 0. The molecule has 1 atom stereocenters. The Kier molecular flexibility index (Phi) is 4.64. The number of carbonyl (C=O) groups excluding carboxylic acids is 1. The zero-order valence-electron chi connectivity index (χ0n) is 8.25. The Morgan fingerprint density at radius 1 is 1.38 bits per heavy atom. The Labute approximate surface area is 82.6 Å². The van der Waals surface area contributed by atoms with Gasteiger partial charge in [-0.25, -0.2) is 0 Å². The van der Waals surface area contributed by atoms with Crippen molar-refractivity contribution in [2.24, 2.45) is 5.92 Å². The van der Waals surface area contributed by atoms with Gasteiger partial charge >= 0.3 is 0 Å². The topological polar surface area (TPSA) is 34.1 Å². The van der Waals surface area contributed by atoms with Gasteiger partial charge in [-0.05, 0) is 19.3 Å². The monoisotopic (exact) mass is 202 g/mol. The highest BCUT2D eigenvalue weighted by atomic mass is 32.2. The van der Waals surface area contributed by atoms with Crippen molar-refractivity contribution in [3.05, 3.63) is 0 Å². The lowest BCUT2D eigenvalue weighted by molar-refractivity contribution is -0.120. The molecule has 0 spiro atoms. The van der Waals surface area contributed by atoms with E-state index in [0.29, 0.717) is 11.5 Å². The molecule has 0 bridgehead atoms. The molecule has 1 rings (SSSR count). The molecule has 1 aliphatic rings. The van der Waals surface area contributed by atoms with Crippen molar-refractivity contribution in [2.75, 3.05) is 11.5 Å². The van der Waals surface area contributed by atoms with Crippen molar-refractivity contribution >= 4 is 16.6 Å². The van der Waals surface area contributed by atoms with Crippen molar-refractivity contribution in [2.45, 2.75) is 39.0 Å². The normalized spacial score (nSPS) is 20.4. The maximum atomic E-state index is 11.5. The summed E-state index contributed by atoms with van der Waals surface area (Å²) < 4.78 is 11.3. The first-order valence-electron chi connectivity index (χ1n) is 5.11. The van der Waals surface area contributed by atoms with Crippen LogP contribution in [0.2, 0.25) is 0 Å². The molecule has 2 nitrogen and oxygen atoms in total. The largest absolute Gasteiger partial charge is 0.298 e. The van der Waals surface area contributed by atoms with Crippen LogP contribution in [0, 0.1) is 5.92 Å². The number of hydrogen-bond acceptors (Lipinski definition) is 2. The molecule has 0 aromatic rings. The molecular formula is C10H18O2S. The van der Waals surface area contributed by atoms with Crippen LogP contribution < -0.4 is 0 Å². The first-order valence-corrected chi connectivity index (χ1v) is 6.60. The Bertz CT molecular complexity index is 195. The zero-order valence-corrected chi connectivity index (χ0v) is 9.07. The molecule has 0 aliphatic heterocycles. The van der Waals surface area contributed by atoms with E-state index >= 15 is 0 Å². The van der Waals surface area contributed by atoms with E-state index in [-0.39, 0.29) is 11.7 Å². The average Bonchev–Trinajstić information content (AvgIpc) is 2.55. The summed E-state index contributed by atoms with van der Waals surface area (Å²) in [6.07, 6.45) is 5.32. The number of Topliss-reactive ketones (excluding diaryl/α,β-unsaturated/α-hetero) is 1. The van der Waals surface area contributed by atoms with Crippen LogP contribution in [0.25, 0.3) is 0 Å². The van der Waals surface area contributed by atoms with Gasteiger partial charge in [0.2, 0.25) is 0 Å². The fourth-order valence-electron chi connectivity index (χ4n) is 1.82. The SMILES string of the molecule is CCCS(=O)CC(=O)C1CCCC1. The lowest BCUT2D eigenvalue weighted by Crippen LogP contribution is -2.19. The van der Waals surface area contributed by atoms with Crippen molar-refractivity contribution in [3.63, 3.8) is 0 Å². The first-order chi connectivity index (χ1) is 6.24. The van der Waals surface area contributed by atoms with Crippen LogP contribution in [-0.4, -0.2) is 21.5 Å². The molecular weight excluding hydrogens is 184 g/mol. The van der Waals surface area contributed by atoms with Gasteiger partial charge in [-0.2, -0.15) is 0 Å². The van der Waals surface area contributed by atoms with Crippen LogP contribution in [0.15, 0.2) is 0 Å². The predicted molar refractivity (Wildman–Crippen MR) is 55.1 cm³/mol. The van der Waals surface area contributed by atoms with E-state index in [1.54, 1.807) is 0 Å². The second-order valence-corrected chi connectivity index (χ2v) is 5.31. The lowest BCUT2D eigenvalue weighted by atomic mass is 10.0. The fraction of sp³-hybridized carbons (Fsp3) is 0.900. The molecule has 0 radical (unpaired) electrons. The summed E-state index contributed by atoms with van der Waals surface area (Å²) in [6.45, 7) is 2.00. The standard InChI is InChI=1S/C10H18O2S/c1-2-7-13(12)8-10(11)9-5-3-4-6-9/h9H,2-8H2,1H3. The van der Waals surface area contributed by atoms with Crippen LogP contribution in [0.5, 0.6) is 0 Å². The summed E-state index contributed by atoms with van der Waals surface area (Å²) in [5.74, 6) is 1.46. The van der Waals surface area contributed by atoms with Crippen molar-refractivity contribution in [1.29, 1.82) is 0 Å². The molecule has 1 saturated carbocycles. The third kappa shape index (κ3) is 3.59. The molecule has 1 unspecified atom stereocenters. The molecule has 0 amide bonds. The van der Waals surface area contributed by atoms with Crippen LogP contribution in [0.3, 0.4) is 0 Å². The van der Waals surface area contributed by atoms with Gasteiger partial charge in [0.1, 0.15) is 5.78 Å². The van der Waals surface area contributed by atoms with Gasteiger partial charge in [0.15, 0.2) is 0 Å². The molecule has 0 aromatic carbocycles. The van der Waals surface area contributed by atoms with Gasteiger partial charge in [0, 0.05) is 22.5 Å². The van der Waals surface area contributed by atoms with E-state index < -0.39 is 10.8 Å². The highest BCUT2D eigenvalue weighted by Crippen LogP contribution is 2.25. The summed E-state index contributed by atoms with van der Waals surface area (Å²) in [5.41, 5.74) is 0. The van der Waals surface area contributed by atoms with Crippen molar-refractivity contribution in [1.82, 2.24) is 0 Å². The highest BCUT2D eigenvalue weighted by Gasteiger charge is 2.23. The van der Waals surface area contributed by atoms with Gasteiger partial charge in [-0.1, -0.05) is 19.8 Å². The second kappa shape index (κ2) is 5.53. The summed E-state index contributed by atoms with van der Waals surface area (Å²) in [5, 5.41) is 0. The number of ketones is 1. The summed E-state index contributed by atoms with van der Waals surface area (Å²) >= 11 is 0. The van der Waals surface area contributed by atoms with Crippen LogP contribution in [0.1, 0.15) is 39.0 Å². The fourth-order valence-corrected chi connectivity index (χ4v) is 2.98. The average molecular weight is 202 g/mol. The van der Waals surface area contributed by atoms with Gasteiger partial charge in [-0.15, -0.1) is 0 Å². The van der Waals surface area contributed by atoms with Gasteiger partial charge in [-0.3, -0.25) is 9.00 Å².